The summed E-state index contributed by atoms with van der Waals surface area (Å²) >= 11 is 0. The number of pyridine rings is 1. The molecule has 0 aliphatic carbocycles. The summed E-state index contributed by atoms with van der Waals surface area (Å²) in [6, 6.07) is 8.25. The fraction of sp³-hybridized carbons (Fsp3) is 0.370. The van der Waals surface area contributed by atoms with Crippen LogP contribution in [0.3, 0.4) is 0 Å². The summed E-state index contributed by atoms with van der Waals surface area (Å²) in [7, 11) is 1.64. The number of ether oxygens (including phenoxy) is 2. The van der Waals surface area contributed by atoms with E-state index in [1.54, 1.807) is 31.9 Å². The predicted molar refractivity (Wildman–Crippen MR) is 143 cm³/mol. The van der Waals surface area contributed by atoms with E-state index < -0.39 is 5.60 Å². The first-order chi connectivity index (χ1) is 18.3. The van der Waals surface area contributed by atoms with Crippen molar-refractivity contribution in [1.82, 2.24) is 29.6 Å². The molecule has 0 unspecified atom stereocenters. The standard InChI is InChI=1S/C27H30N8O3/c1-27(2,3)38-26(36)34-16-19-10-20(34)15-33(19)17-9-18(13-29-12-17)35-23-11-21(37-4)5-6-22(23)25(32-35)31-24-14-28-7-8-30-24/h5-9,11-14,19-20H,10,15-16H2,1-4H3,(H,30,31,32)/t19-,20-/m0/s1. The average Bonchev–Trinajstić information content (AvgIpc) is 3.61. The van der Waals surface area contributed by atoms with Gasteiger partial charge < -0.3 is 24.6 Å². The molecule has 0 radical (unpaired) electrons. The quantitative estimate of drug-likeness (QED) is 0.420. The van der Waals surface area contributed by atoms with Crippen LogP contribution < -0.4 is 15.0 Å². The summed E-state index contributed by atoms with van der Waals surface area (Å²) in [5.74, 6) is 1.99. The lowest BCUT2D eigenvalue weighted by Crippen LogP contribution is -2.50. The summed E-state index contributed by atoms with van der Waals surface area (Å²) in [5, 5.41) is 9.05. The molecule has 6 rings (SSSR count). The van der Waals surface area contributed by atoms with Crippen molar-refractivity contribution >= 4 is 34.3 Å². The van der Waals surface area contributed by atoms with Crippen molar-refractivity contribution < 1.29 is 14.3 Å². The molecule has 0 spiro atoms. The van der Waals surface area contributed by atoms with Crippen molar-refractivity contribution in [2.24, 2.45) is 0 Å². The number of carbonyl (C=O) groups is 1. The monoisotopic (exact) mass is 514 g/mol. The number of hydrogen-bond acceptors (Lipinski definition) is 9. The van der Waals surface area contributed by atoms with Crippen molar-refractivity contribution in [2.75, 3.05) is 30.4 Å². The summed E-state index contributed by atoms with van der Waals surface area (Å²) in [6.07, 6.45) is 9.25. The maximum Gasteiger partial charge on any atom is 0.410 e. The molecule has 3 aromatic heterocycles. The van der Waals surface area contributed by atoms with Gasteiger partial charge >= 0.3 is 6.09 Å². The van der Waals surface area contributed by atoms with Crippen LogP contribution in [0.4, 0.5) is 22.1 Å². The molecule has 2 aliphatic heterocycles. The number of hydrogen-bond donors (Lipinski definition) is 1. The van der Waals surface area contributed by atoms with Crippen LogP contribution in [0.25, 0.3) is 16.6 Å². The Bertz CT molecular complexity index is 1480. The number of benzene rings is 1. The molecule has 11 heteroatoms. The summed E-state index contributed by atoms with van der Waals surface area (Å²) in [6.45, 7) is 7.06. The van der Waals surface area contributed by atoms with E-state index in [1.165, 1.54) is 0 Å². The Morgan fingerprint density at radius 3 is 2.58 bits per heavy atom. The van der Waals surface area contributed by atoms with Gasteiger partial charge in [0.1, 0.15) is 17.2 Å². The first-order valence-electron chi connectivity index (χ1n) is 12.6. The summed E-state index contributed by atoms with van der Waals surface area (Å²) in [4.78, 5) is 29.9. The zero-order chi connectivity index (χ0) is 26.4. The largest absolute Gasteiger partial charge is 0.497 e. The molecule has 196 valence electrons. The maximum atomic E-state index is 12.7. The molecular formula is C27H30N8O3. The predicted octanol–water partition coefficient (Wildman–Crippen LogP) is 4.16. The number of methoxy groups -OCH3 is 1. The molecule has 11 nitrogen and oxygen atoms in total. The summed E-state index contributed by atoms with van der Waals surface area (Å²) < 4.78 is 13.0. The van der Waals surface area contributed by atoms with Crippen LogP contribution in [-0.4, -0.2) is 73.6 Å². The third-order valence-electron chi connectivity index (χ3n) is 6.85. The Labute approximate surface area is 220 Å². The van der Waals surface area contributed by atoms with Crippen LogP contribution in [-0.2, 0) is 4.74 Å². The smallest absolute Gasteiger partial charge is 0.410 e. The Balaban J connectivity index is 1.30. The Morgan fingerprint density at radius 2 is 1.87 bits per heavy atom. The fourth-order valence-corrected chi connectivity index (χ4v) is 5.21. The van der Waals surface area contributed by atoms with Crippen molar-refractivity contribution in [2.45, 2.75) is 44.9 Å². The molecule has 4 aromatic rings. The molecule has 1 N–H and O–H groups in total. The second-order valence-electron chi connectivity index (χ2n) is 10.6. The number of aromatic nitrogens is 5. The Hall–Kier alpha value is -4.41. The minimum Gasteiger partial charge on any atom is -0.497 e. The SMILES string of the molecule is COc1ccc2c(Nc3cnccn3)nn(-c3cncc(N4C[C@@H]5C[C@H]4CN5C(=O)OC(C)(C)C)c3)c2c1. The van der Waals surface area contributed by atoms with Gasteiger partial charge in [-0.3, -0.25) is 9.97 Å². The minimum atomic E-state index is -0.507. The van der Waals surface area contributed by atoms with Crippen LogP contribution in [0.15, 0.2) is 55.2 Å². The Kier molecular flexibility index (Phi) is 5.77. The second-order valence-corrected chi connectivity index (χ2v) is 10.6. The first-order valence-corrected chi connectivity index (χ1v) is 12.6. The van der Waals surface area contributed by atoms with Gasteiger partial charge in [-0.1, -0.05) is 0 Å². The second kappa shape index (κ2) is 9.16. The van der Waals surface area contributed by atoms with Crippen LogP contribution in [0.5, 0.6) is 5.75 Å². The molecular weight excluding hydrogens is 484 g/mol. The number of likely N-dealkylation sites (tertiary alicyclic amines) is 1. The van der Waals surface area contributed by atoms with Crippen LogP contribution >= 0.6 is 0 Å². The van der Waals surface area contributed by atoms with Crippen molar-refractivity contribution in [3.05, 3.63) is 55.2 Å². The number of piperazine rings is 1. The van der Waals surface area contributed by atoms with Crippen LogP contribution in [0, 0.1) is 0 Å². The van der Waals surface area contributed by atoms with Gasteiger partial charge in [0.05, 0.1) is 48.6 Å². The molecule has 2 fully saturated rings. The highest BCUT2D eigenvalue weighted by atomic mass is 16.6. The van der Waals surface area contributed by atoms with Gasteiger partial charge in [0.2, 0.25) is 0 Å². The molecule has 1 aromatic carbocycles. The van der Waals surface area contributed by atoms with E-state index in [-0.39, 0.29) is 18.2 Å². The van der Waals surface area contributed by atoms with Crippen molar-refractivity contribution in [3.63, 3.8) is 0 Å². The molecule has 1 amide bonds. The number of carbonyl (C=O) groups excluding carboxylic acids is 1. The lowest BCUT2D eigenvalue weighted by Gasteiger charge is -2.36. The van der Waals surface area contributed by atoms with Crippen molar-refractivity contribution in [3.8, 4) is 11.4 Å². The highest BCUT2D eigenvalue weighted by Crippen LogP contribution is 2.37. The molecule has 2 saturated heterocycles. The van der Waals surface area contributed by atoms with E-state index in [0.29, 0.717) is 18.2 Å². The van der Waals surface area contributed by atoms with Gasteiger partial charge in [-0.05, 0) is 45.4 Å². The lowest BCUT2D eigenvalue weighted by atomic mass is 10.2. The van der Waals surface area contributed by atoms with Crippen LogP contribution in [0.1, 0.15) is 27.2 Å². The number of amides is 1. The maximum absolute atomic E-state index is 12.7. The lowest BCUT2D eigenvalue weighted by molar-refractivity contribution is 0.0214. The van der Waals surface area contributed by atoms with Gasteiger partial charge in [0.25, 0.3) is 0 Å². The highest BCUT2D eigenvalue weighted by Gasteiger charge is 2.46. The van der Waals surface area contributed by atoms with E-state index >= 15 is 0 Å². The van der Waals surface area contributed by atoms with Gasteiger partial charge in [-0.15, -0.1) is 5.10 Å². The van der Waals surface area contributed by atoms with Gasteiger partial charge in [0.15, 0.2) is 5.82 Å². The van der Waals surface area contributed by atoms with E-state index in [9.17, 15) is 4.79 Å². The van der Waals surface area contributed by atoms with E-state index in [4.69, 9.17) is 14.6 Å². The minimum absolute atomic E-state index is 0.121. The van der Waals surface area contributed by atoms with Crippen molar-refractivity contribution in [1.29, 1.82) is 0 Å². The molecule has 2 aliphatic rings. The Morgan fingerprint density at radius 1 is 1.03 bits per heavy atom. The van der Waals surface area contributed by atoms with Gasteiger partial charge in [0, 0.05) is 43.0 Å². The number of anilines is 3. The highest BCUT2D eigenvalue weighted by molar-refractivity contribution is 5.93. The first kappa shape index (κ1) is 24.0. The zero-order valence-corrected chi connectivity index (χ0v) is 21.8. The van der Waals surface area contributed by atoms with E-state index in [2.05, 4.69) is 31.2 Å². The van der Waals surface area contributed by atoms with E-state index in [1.807, 2.05) is 54.7 Å². The molecule has 2 atom stereocenters. The molecule has 5 heterocycles. The normalized spacial score (nSPS) is 18.7. The topological polar surface area (TPSA) is 111 Å². The third-order valence-corrected chi connectivity index (χ3v) is 6.85. The number of rotatable bonds is 5. The number of fused-ring (bicyclic) bond motifs is 3. The summed E-state index contributed by atoms with van der Waals surface area (Å²) in [5.41, 5.74) is 2.18. The fourth-order valence-electron chi connectivity index (χ4n) is 5.21. The third kappa shape index (κ3) is 4.44. The van der Waals surface area contributed by atoms with Crippen LogP contribution in [0.2, 0.25) is 0 Å². The van der Waals surface area contributed by atoms with Gasteiger partial charge in [-0.25, -0.2) is 14.5 Å². The molecule has 0 saturated carbocycles. The average molecular weight is 515 g/mol. The number of nitrogens with one attached hydrogen (secondary N) is 1. The van der Waals surface area contributed by atoms with E-state index in [0.717, 1.165) is 41.0 Å². The molecule has 38 heavy (non-hydrogen) atoms. The molecule has 2 bridgehead atoms. The number of nitrogens with zero attached hydrogens (tertiary/aromatic N) is 7. The van der Waals surface area contributed by atoms with Gasteiger partial charge in [-0.2, -0.15) is 0 Å². The zero-order valence-electron chi connectivity index (χ0n) is 21.8.